The van der Waals surface area contributed by atoms with Crippen molar-refractivity contribution in [2.45, 2.75) is 25.2 Å². The second-order valence-electron chi connectivity index (χ2n) is 4.56. The number of carboxylic acids is 1. The first-order chi connectivity index (χ1) is 8.63. The van der Waals surface area contributed by atoms with Crippen molar-refractivity contribution in [2.75, 3.05) is 30.5 Å². The second-order valence-corrected chi connectivity index (χ2v) is 6.52. The molecule has 1 aromatic heterocycles. The van der Waals surface area contributed by atoms with Crippen molar-refractivity contribution < 1.29 is 9.90 Å². The molecule has 1 N–H and O–H groups in total. The number of rotatable bonds is 7. The van der Waals surface area contributed by atoms with E-state index < -0.39 is 5.97 Å². The summed E-state index contributed by atoms with van der Waals surface area (Å²) in [7, 11) is 1.99. The third-order valence-electron chi connectivity index (χ3n) is 2.97. The molecule has 0 aliphatic heterocycles. The maximum absolute atomic E-state index is 11.2. The summed E-state index contributed by atoms with van der Waals surface area (Å²) in [6.07, 6.45) is 5.36. The molecule has 0 aromatic carbocycles. The zero-order valence-corrected chi connectivity index (χ0v) is 12.3. The van der Waals surface area contributed by atoms with Crippen LogP contribution in [-0.4, -0.2) is 41.7 Å². The molecule has 2 rings (SSSR count). The Morgan fingerprint density at radius 1 is 1.61 bits per heavy atom. The average Bonchev–Trinajstić information content (AvgIpc) is 3.07. The number of carbonyl (C=O) groups is 1. The van der Waals surface area contributed by atoms with Gasteiger partial charge in [-0.15, -0.1) is 0 Å². The van der Waals surface area contributed by atoms with E-state index in [0.29, 0.717) is 10.8 Å². The summed E-state index contributed by atoms with van der Waals surface area (Å²) in [5.74, 6) is 0.677. The lowest BCUT2D eigenvalue weighted by atomic mass is 10.2. The quantitative estimate of drug-likeness (QED) is 0.781. The molecule has 6 heteroatoms. The van der Waals surface area contributed by atoms with Crippen LogP contribution in [0.5, 0.6) is 0 Å². The zero-order valence-electron chi connectivity index (χ0n) is 10.7. The van der Waals surface area contributed by atoms with Crippen molar-refractivity contribution in [2.24, 2.45) is 0 Å². The SMILES string of the molecule is CSCCCN(C)c1nc(C2CC2)c(C(=O)O)s1. The standard InChI is InChI=1S/C12H18N2O2S2/c1-14(6-3-7-17-2)12-13-9(8-4-5-8)10(18-12)11(15)16/h8H,3-7H2,1-2H3,(H,15,16). The molecule has 0 bridgehead atoms. The average molecular weight is 286 g/mol. The monoisotopic (exact) mass is 286 g/mol. The lowest BCUT2D eigenvalue weighted by Crippen LogP contribution is -2.18. The van der Waals surface area contributed by atoms with Crippen molar-refractivity contribution in [3.05, 3.63) is 10.6 Å². The molecule has 0 saturated heterocycles. The molecule has 18 heavy (non-hydrogen) atoms. The van der Waals surface area contributed by atoms with Crippen LogP contribution < -0.4 is 4.90 Å². The molecule has 100 valence electrons. The maximum atomic E-state index is 11.2. The van der Waals surface area contributed by atoms with Crippen LogP contribution >= 0.6 is 23.1 Å². The molecule has 1 aliphatic carbocycles. The molecule has 1 saturated carbocycles. The van der Waals surface area contributed by atoms with Gasteiger partial charge in [0.05, 0.1) is 5.69 Å². The summed E-state index contributed by atoms with van der Waals surface area (Å²) in [4.78, 5) is 18.2. The molecule has 1 aromatic rings. The minimum absolute atomic E-state index is 0.390. The first-order valence-electron chi connectivity index (χ1n) is 6.07. The maximum Gasteiger partial charge on any atom is 0.347 e. The number of thiazole rings is 1. The third-order valence-corrected chi connectivity index (χ3v) is 4.84. The summed E-state index contributed by atoms with van der Waals surface area (Å²) in [6, 6.07) is 0. The number of hydrogen-bond donors (Lipinski definition) is 1. The fraction of sp³-hybridized carbons (Fsp3) is 0.667. The van der Waals surface area contributed by atoms with E-state index in [0.717, 1.165) is 42.4 Å². The number of aromatic carboxylic acids is 1. The van der Waals surface area contributed by atoms with Crippen LogP contribution in [0.25, 0.3) is 0 Å². The lowest BCUT2D eigenvalue weighted by Gasteiger charge is -2.14. The molecule has 1 heterocycles. The Morgan fingerprint density at radius 2 is 2.33 bits per heavy atom. The summed E-state index contributed by atoms with van der Waals surface area (Å²) in [5.41, 5.74) is 0.805. The molecule has 4 nitrogen and oxygen atoms in total. The Balaban J connectivity index is 2.08. The number of carboxylic acid groups (broad SMARTS) is 1. The van der Waals surface area contributed by atoms with Gasteiger partial charge in [-0.2, -0.15) is 11.8 Å². The van der Waals surface area contributed by atoms with Gasteiger partial charge in [0.2, 0.25) is 0 Å². The van der Waals surface area contributed by atoms with Crippen molar-refractivity contribution in [1.82, 2.24) is 4.98 Å². The summed E-state index contributed by atoms with van der Waals surface area (Å²) in [5, 5.41) is 10.0. The van der Waals surface area contributed by atoms with E-state index in [4.69, 9.17) is 0 Å². The van der Waals surface area contributed by atoms with Gasteiger partial charge in [0, 0.05) is 19.5 Å². The van der Waals surface area contributed by atoms with Crippen LogP contribution in [0, 0.1) is 0 Å². The van der Waals surface area contributed by atoms with Crippen molar-refractivity contribution in [1.29, 1.82) is 0 Å². The van der Waals surface area contributed by atoms with Crippen molar-refractivity contribution in [3.63, 3.8) is 0 Å². The number of hydrogen-bond acceptors (Lipinski definition) is 5. The summed E-state index contributed by atoms with van der Waals surface area (Å²) in [6.45, 7) is 0.928. The van der Waals surface area contributed by atoms with Gasteiger partial charge in [-0.3, -0.25) is 0 Å². The molecule has 0 unspecified atom stereocenters. The highest BCUT2D eigenvalue weighted by atomic mass is 32.2. The van der Waals surface area contributed by atoms with E-state index in [9.17, 15) is 9.90 Å². The van der Waals surface area contributed by atoms with Crippen LogP contribution in [0.4, 0.5) is 5.13 Å². The Labute approximate surface area is 115 Å². The van der Waals surface area contributed by atoms with Gasteiger partial charge in [-0.05, 0) is 31.3 Å². The van der Waals surface area contributed by atoms with Gasteiger partial charge < -0.3 is 10.0 Å². The summed E-state index contributed by atoms with van der Waals surface area (Å²) < 4.78 is 0. The Hall–Kier alpha value is -0.750. The minimum atomic E-state index is -0.835. The largest absolute Gasteiger partial charge is 0.477 e. The number of anilines is 1. The molecule has 0 atom stereocenters. The predicted octanol–water partition coefficient (Wildman–Crippen LogP) is 2.91. The molecule has 0 radical (unpaired) electrons. The van der Waals surface area contributed by atoms with E-state index in [1.807, 2.05) is 18.8 Å². The van der Waals surface area contributed by atoms with Crippen LogP contribution in [0.3, 0.4) is 0 Å². The molecule has 1 fully saturated rings. The third kappa shape index (κ3) is 3.17. The Morgan fingerprint density at radius 3 is 2.89 bits per heavy atom. The van der Waals surface area contributed by atoms with Gasteiger partial charge in [0.15, 0.2) is 5.13 Å². The zero-order chi connectivity index (χ0) is 13.1. The molecular weight excluding hydrogens is 268 g/mol. The van der Waals surface area contributed by atoms with Crippen molar-refractivity contribution in [3.8, 4) is 0 Å². The topological polar surface area (TPSA) is 53.4 Å². The van der Waals surface area contributed by atoms with E-state index in [2.05, 4.69) is 16.1 Å². The van der Waals surface area contributed by atoms with Gasteiger partial charge >= 0.3 is 5.97 Å². The second kappa shape index (κ2) is 5.93. The molecular formula is C12H18N2O2S2. The van der Waals surface area contributed by atoms with Gasteiger partial charge in [-0.25, -0.2) is 9.78 Å². The van der Waals surface area contributed by atoms with Crippen molar-refractivity contribution >= 4 is 34.2 Å². The number of thioether (sulfide) groups is 1. The highest BCUT2D eigenvalue weighted by Gasteiger charge is 2.32. The molecule has 0 spiro atoms. The minimum Gasteiger partial charge on any atom is -0.477 e. The van der Waals surface area contributed by atoms with E-state index >= 15 is 0 Å². The van der Waals surface area contributed by atoms with E-state index in [1.165, 1.54) is 11.3 Å². The molecule has 0 amide bonds. The highest BCUT2D eigenvalue weighted by Crippen LogP contribution is 2.44. The number of aromatic nitrogens is 1. The molecule has 1 aliphatic rings. The fourth-order valence-electron chi connectivity index (χ4n) is 1.81. The van der Waals surface area contributed by atoms with E-state index in [-0.39, 0.29) is 0 Å². The smallest absolute Gasteiger partial charge is 0.347 e. The van der Waals surface area contributed by atoms with E-state index in [1.54, 1.807) is 0 Å². The Bertz CT molecular complexity index is 430. The van der Waals surface area contributed by atoms with Crippen LogP contribution in [0.2, 0.25) is 0 Å². The van der Waals surface area contributed by atoms with Gasteiger partial charge in [0.1, 0.15) is 4.88 Å². The highest BCUT2D eigenvalue weighted by molar-refractivity contribution is 7.98. The Kier molecular flexibility index (Phi) is 4.50. The number of nitrogens with zero attached hydrogens (tertiary/aromatic N) is 2. The normalized spacial score (nSPS) is 14.8. The summed E-state index contributed by atoms with van der Waals surface area (Å²) >= 11 is 3.14. The predicted molar refractivity (Wildman–Crippen MR) is 77.3 cm³/mol. The van der Waals surface area contributed by atoms with Crippen LogP contribution in [-0.2, 0) is 0 Å². The van der Waals surface area contributed by atoms with Crippen LogP contribution in [0.15, 0.2) is 0 Å². The first-order valence-corrected chi connectivity index (χ1v) is 8.28. The lowest BCUT2D eigenvalue weighted by molar-refractivity contribution is 0.0700. The fourth-order valence-corrected chi connectivity index (χ4v) is 3.21. The van der Waals surface area contributed by atoms with Gasteiger partial charge in [-0.1, -0.05) is 11.3 Å². The first kappa shape index (κ1) is 13.7. The van der Waals surface area contributed by atoms with Gasteiger partial charge in [0.25, 0.3) is 0 Å². The van der Waals surface area contributed by atoms with Crippen LogP contribution in [0.1, 0.15) is 40.5 Å².